The van der Waals surface area contributed by atoms with E-state index in [0.717, 1.165) is 0 Å². The second kappa shape index (κ2) is 6.31. The fourth-order valence-electron chi connectivity index (χ4n) is 3.63. The Labute approximate surface area is 144 Å². The van der Waals surface area contributed by atoms with Crippen LogP contribution in [0.2, 0.25) is 0 Å². The smallest absolute Gasteiger partial charge is 0.228 e. The van der Waals surface area contributed by atoms with Crippen molar-refractivity contribution in [3.63, 3.8) is 0 Å². The average molecular weight is 342 g/mol. The van der Waals surface area contributed by atoms with Crippen molar-refractivity contribution in [1.29, 1.82) is 0 Å². The van der Waals surface area contributed by atoms with Gasteiger partial charge in [-0.15, -0.1) is 0 Å². The van der Waals surface area contributed by atoms with Crippen LogP contribution in [0.15, 0.2) is 36.7 Å². The van der Waals surface area contributed by atoms with Crippen LogP contribution in [-0.4, -0.2) is 46.5 Å². The number of hydrogen-bond acceptors (Lipinski definition) is 3. The minimum absolute atomic E-state index is 0.0177. The summed E-state index contributed by atoms with van der Waals surface area (Å²) in [7, 11) is 0. The van der Waals surface area contributed by atoms with Gasteiger partial charge in [0.2, 0.25) is 11.8 Å². The number of aromatic amines is 1. The lowest BCUT2D eigenvalue weighted by atomic mass is 9.90. The van der Waals surface area contributed by atoms with Gasteiger partial charge in [-0.05, 0) is 24.0 Å². The molecule has 2 fully saturated rings. The van der Waals surface area contributed by atoms with Crippen molar-refractivity contribution in [2.45, 2.75) is 12.8 Å². The minimum atomic E-state index is -0.309. The molecule has 2 aliphatic heterocycles. The second-order valence-electron chi connectivity index (χ2n) is 6.77. The highest BCUT2D eigenvalue weighted by molar-refractivity contribution is 6.00. The van der Waals surface area contributed by atoms with Gasteiger partial charge in [0.1, 0.15) is 5.82 Å². The highest BCUT2D eigenvalue weighted by Crippen LogP contribution is 2.29. The number of nitrogens with one attached hydrogen (secondary N) is 1. The van der Waals surface area contributed by atoms with E-state index in [9.17, 15) is 14.0 Å². The molecule has 0 saturated carbocycles. The number of anilines is 1. The van der Waals surface area contributed by atoms with E-state index in [1.165, 1.54) is 6.07 Å². The number of likely N-dealkylation sites (tertiary alicyclic amines) is 1. The van der Waals surface area contributed by atoms with E-state index >= 15 is 0 Å². The van der Waals surface area contributed by atoms with E-state index in [0.29, 0.717) is 37.3 Å². The maximum atomic E-state index is 13.7. The molecule has 7 heteroatoms. The second-order valence-corrected chi connectivity index (χ2v) is 6.77. The highest BCUT2D eigenvalue weighted by Gasteiger charge is 2.41. The molecule has 1 atom stereocenters. The number of hydrogen-bond donors (Lipinski definition) is 1. The van der Waals surface area contributed by atoms with Crippen LogP contribution < -0.4 is 4.90 Å². The van der Waals surface area contributed by atoms with Crippen LogP contribution in [0, 0.1) is 17.7 Å². The summed E-state index contributed by atoms with van der Waals surface area (Å²) in [4.78, 5) is 28.1. The van der Waals surface area contributed by atoms with E-state index < -0.39 is 0 Å². The maximum absolute atomic E-state index is 13.7. The van der Waals surface area contributed by atoms with Crippen molar-refractivity contribution in [2.24, 2.45) is 11.8 Å². The third-order valence-corrected chi connectivity index (χ3v) is 5.01. The number of H-pyrrole nitrogens is 1. The van der Waals surface area contributed by atoms with E-state index in [1.807, 2.05) is 6.07 Å². The SMILES string of the molecule is O=C(C1CC(=O)N(c2cn[nH]c2)C1)N1CC(Cc2ccccc2F)C1. The van der Waals surface area contributed by atoms with Gasteiger partial charge in [0.15, 0.2) is 0 Å². The summed E-state index contributed by atoms with van der Waals surface area (Å²) in [5, 5.41) is 6.53. The molecule has 6 nitrogen and oxygen atoms in total. The minimum Gasteiger partial charge on any atom is -0.342 e. The molecule has 25 heavy (non-hydrogen) atoms. The number of benzene rings is 1. The van der Waals surface area contributed by atoms with Gasteiger partial charge in [0, 0.05) is 32.3 Å². The predicted molar refractivity (Wildman–Crippen MR) is 89.2 cm³/mol. The van der Waals surface area contributed by atoms with Crippen LogP contribution in [0.4, 0.5) is 10.1 Å². The molecule has 0 bridgehead atoms. The third-order valence-electron chi connectivity index (χ3n) is 5.01. The Kier molecular flexibility index (Phi) is 3.99. The van der Waals surface area contributed by atoms with Gasteiger partial charge in [0.25, 0.3) is 0 Å². The maximum Gasteiger partial charge on any atom is 0.228 e. The summed E-state index contributed by atoms with van der Waals surface area (Å²) in [6, 6.07) is 6.76. The van der Waals surface area contributed by atoms with E-state index in [2.05, 4.69) is 10.2 Å². The zero-order chi connectivity index (χ0) is 17.4. The first-order chi connectivity index (χ1) is 12.1. The first-order valence-electron chi connectivity index (χ1n) is 8.43. The lowest BCUT2D eigenvalue weighted by Crippen LogP contribution is -2.53. The van der Waals surface area contributed by atoms with E-state index in [-0.39, 0.29) is 35.9 Å². The molecule has 2 aromatic rings. The molecule has 1 N–H and O–H groups in total. The van der Waals surface area contributed by atoms with Crippen LogP contribution in [0.5, 0.6) is 0 Å². The van der Waals surface area contributed by atoms with Crippen molar-refractivity contribution < 1.29 is 14.0 Å². The van der Waals surface area contributed by atoms with Gasteiger partial charge >= 0.3 is 0 Å². The number of carbonyl (C=O) groups excluding carboxylic acids is 2. The van der Waals surface area contributed by atoms with Crippen molar-refractivity contribution in [3.05, 3.63) is 48.0 Å². The summed E-state index contributed by atoms with van der Waals surface area (Å²) < 4.78 is 13.7. The molecule has 3 heterocycles. The summed E-state index contributed by atoms with van der Waals surface area (Å²) in [6.07, 6.45) is 4.11. The molecule has 1 aromatic heterocycles. The average Bonchev–Trinajstić information content (AvgIpc) is 3.20. The number of nitrogens with zero attached hydrogens (tertiary/aromatic N) is 3. The lowest BCUT2D eigenvalue weighted by Gasteiger charge is -2.40. The summed E-state index contributed by atoms with van der Waals surface area (Å²) in [5.74, 6) is -0.253. The van der Waals surface area contributed by atoms with Gasteiger partial charge in [-0.3, -0.25) is 14.7 Å². The Hall–Kier alpha value is -2.70. The quantitative estimate of drug-likeness (QED) is 0.918. The molecule has 1 aromatic carbocycles. The summed E-state index contributed by atoms with van der Waals surface area (Å²) >= 11 is 0. The lowest BCUT2D eigenvalue weighted by molar-refractivity contribution is -0.142. The number of amides is 2. The Balaban J connectivity index is 1.32. The van der Waals surface area contributed by atoms with Crippen LogP contribution in [0.1, 0.15) is 12.0 Å². The fourth-order valence-corrected chi connectivity index (χ4v) is 3.63. The number of rotatable bonds is 4. The van der Waals surface area contributed by atoms with E-state index in [1.54, 1.807) is 34.3 Å². The zero-order valence-electron chi connectivity index (χ0n) is 13.7. The number of carbonyl (C=O) groups is 2. The van der Waals surface area contributed by atoms with Gasteiger partial charge in [-0.2, -0.15) is 5.10 Å². The van der Waals surface area contributed by atoms with Crippen LogP contribution >= 0.6 is 0 Å². The predicted octanol–water partition coefficient (Wildman–Crippen LogP) is 1.60. The summed E-state index contributed by atoms with van der Waals surface area (Å²) in [6.45, 7) is 1.65. The Morgan fingerprint density at radius 3 is 2.80 bits per heavy atom. The largest absolute Gasteiger partial charge is 0.342 e. The van der Waals surface area contributed by atoms with Crippen LogP contribution in [-0.2, 0) is 16.0 Å². The van der Waals surface area contributed by atoms with Gasteiger partial charge in [0.05, 0.1) is 17.8 Å². The molecular weight excluding hydrogens is 323 g/mol. The van der Waals surface area contributed by atoms with Crippen LogP contribution in [0.25, 0.3) is 0 Å². The Morgan fingerprint density at radius 1 is 1.28 bits per heavy atom. The normalized spacial score (nSPS) is 20.8. The van der Waals surface area contributed by atoms with Crippen LogP contribution in [0.3, 0.4) is 0 Å². The third kappa shape index (κ3) is 3.01. The number of aromatic nitrogens is 2. The monoisotopic (exact) mass is 342 g/mol. The van der Waals surface area contributed by atoms with Gasteiger partial charge in [-0.1, -0.05) is 18.2 Å². The van der Waals surface area contributed by atoms with Crippen molar-refractivity contribution in [2.75, 3.05) is 24.5 Å². The summed E-state index contributed by atoms with van der Waals surface area (Å²) in [5.41, 5.74) is 1.39. The van der Waals surface area contributed by atoms with E-state index in [4.69, 9.17) is 0 Å². The molecule has 2 amide bonds. The van der Waals surface area contributed by atoms with Gasteiger partial charge < -0.3 is 9.80 Å². The first-order valence-corrected chi connectivity index (χ1v) is 8.43. The van der Waals surface area contributed by atoms with Crippen molar-refractivity contribution >= 4 is 17.5 Å². The topological polar surface area (TPSA) is 69.3 Å². The molecule has 130 valence electrons. The molecule has 2 saturated heterocycles. The number of halogens is 1. The Bertz CT molecular complexity index is 786. The molecule has 4 rings (SSSR count). The molecular formula is C18H19FN4O2. The highest BCUT2D eigenvalue weighted by atomic mass is 19.1. The molecule has 2 aliphatic rings. The zero-order valence-corrected chi connectivity index (χ0v) is 13.7. The van der Waals surface area contributed by atoms with Gasteiger partial charge in [-0.25, -0.2) is 4.39 Å². The standard InChI is InChI=1S/C18H19FN4O2/c19-16-4-2-1-3-13(16)5-12-9-22(10-12)18(25)14-6-17(24)23(11-14)15-7-20-21-8-15/h1-4,7-8,12,14H,5-6,9-11H2,(H,20,21). The molecule has 0 spiro atoms. The van der Waals surface area contributed by atoms with Crippen molar-refractivity contribution in [1.82, 2.24) is 15.1 Å². The molecule has 1 unspecified atom stereocenters. The Morgan fingerprint density at radius 2 is 2.08 bits per heavy atom. The first kappa shape index (κ1) is 15.8. The molecule has 0 aliphatic carbocycles. The molecule has 0 radical (unpaired) electrons. The van der Waals surface area contributed by atoms with Crippen molar-refractivity contribution in [3.8, 4) is 0 Å². The fraction of sp³-hybridized carbons (Fsp3) is 0.389.